The summed E-state index contributed by atoms with van der Waals surface area (Å²) in [4.78, 5) is 27.8. The van der Waals surface area contributed by atoms with Crippen molar-refractivity contribution >= 4 is 17.7 Å². The van der Waals surface area contributed by atoms with Crippen molar-refractivity contribution in [3.63, 3.8) is 0 Å². The number of amides is 2. The maximum absolute atomic E-state index is 13.6. The van der Waals surface area contributed by atoms with Crippen LogP contribution >= 0.6 is 0 Å². The Balaban J connectivity index is 0.00000206. The number of rotatable bonds is 5. The highest BCUT2D eigenvalue weighted by Gasteiger charge is 2.42. The van der Waals surface area contributed by atoms with Crippen molar-refractivity contribution < 1.29 is 58.9 Å². The molecule has 0 aliphatic carbocycles. The number of fused-ring (bicyclic) bond motifs is 1. The van der Waals surface area contributed by atoms with Crippen molar-refractivity contribution in [3.05, 3.63) is 64.2 Å². The molecule has 1 aliphatic rings. The van der Waals surface area contributed by atoms with Crippen molar-refractivity contribution in [2.45, 2.75) is 77.2 Å². The summed E-state index contributed by atoms with van der Waals surface area (Å²) in [5.74, 6) is -0.413. The number of carbonyl (C=O) groups excluding carboxylic acids is 2. The molecule has 1 heterocycles. The SMILES string of the molecule is CCC(=O)N1c2ccc(C(F)(F)F)cc2[C@@H](N(Cc2cc(C(F)(F)F)cc(C(F)(F)F)c2)C(=O)OC)C[C@H]1CC.CCO. The number of halogens is 9. The fourth-order valence-electron chi connectivity index (χ4n) is 4.78. The molecule has 0 saturated carbocycles. The van der Waals surface area contributed by atoms with Gasteiger partial charge in [0.05, 0.1) is 29.8 Å². The lowest BCUT2D eigenvalue weighted by atomic mass is 9.87. The molecule has 0 fully saturated rings. The van der Waals surface area contributed by atoms with Gasteiger partial charge in [0.25, 0.3) is 0 Å². The Labute approximate surface area is 242 Å². The Kier molecular flexibility index (Phi) is 11.5. The molecule has 0 unspecified atom stereocenters. The van der Waals surface area contributed by atoms with E-state index in [0.717, 1.165) is 30.2 Å². The van der Waals surface area contributed by atoms with E-state index in [0.29, 0.717) is 18.6 Å². The van der Waals surface area contributed by atoms with E-state index < -0.39 is 71.4 Å². The molecule has 2 aromatic rings. The topological polar surface area (TPSA) is 70.1 Å². The second-order valence-electron chi connectivity index (χ2n) is 9.53. The van der Waals surface area contributed by atoms with Gasteiger partial charge in [0.2, 0.25) is 5.91 Å². The molecule has 0 bridgehead atoms. The van der Waals surface area contributed by atoms with Gasteiger partial charge in [-0.3, -0.25) is 9.69 Å². The van der Waals surface area contributed by atoms with E-state index in [1.54, 1.807) is 20.8 Å². The van der Waals surface area contributed by atoms with Gasteiger partial charge >= 0.3 is 24.6 Å². The van der Waals surface area contributed by atoms with Gasteiger partial charge in [0.1, 0.15) is 0 Å². The Morgan fingerprint density at radius 1 is 0.884 bits per heavy atom. The Morgan fingerprint density at radius 2 is 1.40 bits per heavy atom. The Hall–Kier alpha value is -3.49. The minimum Gasteiger partial charge on any atom is -0.453 e. The lowest BCUT2D eigenvalue weighted by Crippen LogP contribution is -2.48. The third-order valence-corrected chi connectivity index (χ3v) is 6.66. The quantitative estimate of drug-likeness (QED) is 0.340. The predicted octanol–water partition coefficient (Wildman–Crippen LogP) is 7.98. The van der Waals surface area contributed by atoms with E-state index in [-0.39, 0.29) is 36.8 Å². The van der Waals surface area contributed by atoms with Gasteiger partial charge in [0, 0.05) is 31.3 Å². The number of hydrogen-bond donors (Lipinski definition) is 1. The summed E-state index contributed by atoms with van der Waals surface area (Å²) in [6.45, 7) is 4.33. The molecular formula is C28H31F9N2O4. The molecule has 2 atom stereocenters. The first-order chi connectivity index (χ1) is 19.8. The molecular weight excluding hydrogens is 599 g/mol. The molecule has 15 heteroatoms. The molecule has 1 aliphatic heterocycles. The molecule has 2 aromatic carbocycles. The summed E-state index contributed by atoms with van der Waals surface area (Å²) in [5.41, 5.74) is -5.00. The summed E-state index contributed by atoms with van der Waals surface area (Å²) < 4.78 is 126. The zero-order valence-electron chi connectivity index (χ0n) is 23.6. The molecule has 0 aromatic heterocycles. The van der Waals surface area contributed by atoms with Gasteiger partial charge in [-0.1, -0.05) is 13.8 Å². The molecule has 0 radical (unpaired) electrons. The third-order valence-electron chi connectivity index (χ3n) is 6.66. The highest BCUT2D eigenvalue weighted by Crippen LogP contribution is 2.45. The summed E-state index contributed by atoms with van der Waals surface area (Å²) in [6.07, 6.45) is -16.2. The normalized spacial score (nSPS) is 17.0. The number of aliphatic hydroxyl groups excluding tert-OH is 1. The van der Waals surface area contributed by atoms with E-state index >= 15 is 0 Å². The van der Waals surface area contributed by atoms with Gasteiger partial charge < -0.3 is 14.7 Å². The number of carbonyl (C=O) groups is 2. The van der Waals surface area contributed by atoms with Crippen molar-refractivity contribution in [3.8, 4) is 0 Å². The van der Waals surface area contributed by atoms with Gasteiger partial charge in [-0.25, -0.2) is 4.79 Å². The van der Waals surface area contributed by atoms with E-state index in [9.17, 15) is 49.1 Å². The van der Waals surface area contributed by atoms with Crippen LogP contribution in [0, 0.1) is 0 Å². The van der Waals surface area contributed by atoms with Crippen LogP contribution in [-0.2, 0) is 34.6 Å². The van der Waals surface area contributed by atoms with Crippen molar-refractivity contribution in [1.29, 1.82) is 0 Å². The fourth-order valence-corrected chi connectivity index (χ4v) is 4.78. The standard InChI is InChI=1S/C26H25F9N2O3.C2H6O/c1-4-18-12-21(19-11-15(24(27,28)29)6-7-20(19)37(18)22(38)5-2)36(23(39)40-3)13-14-8-16(25(30,31)32)10-17(9-14)26(33,34)35;1-2-3/h6-11,18,21H,4-5,12-13H2,1-3H3;3H,2H2,1H3/t18-,21+;/m1./s1. The second-order valence-corrected chi connectivity index (χ2v) is 9.53. The number of ether oxygens (including phenoxy) is 1. The predicted molar refractivity (Wildman–Crippen MR) is 138 cm³/mol. The van der Waals surface area contributed by atoms with Crippen LogP contribution in [0.4, 0.5) is 50.0 Å². The molecule has 0 spiro atoms. The Morgan fingerprint density at radius 3 is 1.81 bits per heavy atom. The summed E-state index contributed by atoms with van der Waals surface area (Å²) in [6, 6.07) is 1.44. The average Bonchev–Trinajstić information content (AvgIpc) is 2.92. The van der Waals surface area contributed by atoms with Crippen LogP contribution < -0.4 is 4.90 Å². The zero-order valence-corrected chi connectivity index (χ0v) is 23.6. The zero-order chi connectivity index (χ0) is 32.9. The first kappa shape index (κ1) is 35.7. The van der Waals surface area contributed by atoms with Gasteiger partial charge in [-0.05, 0) is 67.3 Å². The molecule has 2 amide bonds. The van der Waals surface area contributed by atoms with Gasteiger partial charge in [-0.15, -0.1) is 0 Å². The summed E-state index contributed by atoms with van der Waals surface area (Å²) in [5, 5.41) is 7.57. The lowest BCUT2D eigenvalue weighted by Gasteiger charge is -2.44. The molecule has 240 valence electrons. The smallest absolute Gasteiger partial charge is 0.416 e. The largest absolute Gasteiger partial charge is 0.453 e. The molecule has 1 N–H and O–H groups in total. The maximum Gasteiger partial charge on any atom is 0.416 e. The van der Waals surface area contributed by atoms with Crippen LogP contribution in [-0.4, -0.2) is 41.8 Å². The van der Waals surface area contributed by atoms with Crippen LogP contribution in [0.3, 0.4) is 0 Å². The van der Waals surface area contributed by atoms with Crippen LogP contribution in [0.5, 0.6) is 0 Å². The van der Waals surface area contributed by atoms with Crippen LogP contribution in [0.2, 0.25) is 0 Å². The van der Waals surface area contributed by atoms with E-state index in [2.05, 4.69) is 0 Å². The summed E-state index contributed by atoms with van der Waals surface area (Å²) in [7, 11) is 0.919. The number of alkyl halides is 9. The van der Waals surface area contributed by atoms with E-state index in [1.165, 1.54) is 4.90 Å². The highest BCUT2D eigenvalue weighted by molar-refractivity contribution is 5.95. The maximum atomic E-state index is 13.6. The number of methoxy groups -OCH3 is 1. The fraction of sp³-hybridized carbons (Fsp3) is 0.500. The average molecular weight is 631 g/mol. The molecule has 0 saturated heterocycles. The minimum absolute atomic E-state index is 0.00674. The number of hydrogen-bond acceptors (Lipinski definition) is 4. The highest BCUT2D eigenvalue weighted by atomic mass is 19.4. The molecule has 43 heavy (non-hydrogen) atoms. The number of nitrogens with zero attached hydrogens (tertiary/aromatic N) is 2. The first-order valence-electron chi connectivity index (χ1n) is 13.1. The monoisotopic (exact) mass is 630 g/mol. The number of aliphatic hydroxyl groups is 1. The second kappa shape index (κ2) is 13.9. The third kappa shape index (κ3) is 8.54. The van der Waals surface area contributed by atoms with Gasteiger partial charge in [-0.2, -0.15) is 39.5 Å². The minimum atomic E-state index is -5.15. The van der Waals surface area contributed by atoms with Crippen LogP contribution in [0.15, 0.2) is 36.4 Å². The van der Waals surface area contributed by atoms with E-state index in [1.807, 2.05) is 0 Å². The first-order valence-corrected chi connectivity index (χ1v) is 13.1. The molecule has 3 rings (SSSR count). The van der Waals surface area contributed by atoms with E-state index in [4.69, 9.17) is 9.84 Å². The number of benzene rings is 2. The van der Waals surface area contributed by atoms with Crippen molar-refractivity contribution in [1.82, 2.24) is 4.90 Å². The Bertz CT molecular complexity index is 1240. The van der Waals surface area contributed by atoms with Crippen LogP contribution in [0.1, 0.15) is 73.9 Å². The lowest BCUT2D eigenvalue weighted by molar-refractivity contribution is -0.143. The molecule has 6 nitrogen and oxygen atoms in total. The summed E-state index contributed by atoms with van der Waals surface area (Å²) >= 11 is 0. The van der Waals surface area contributed by atoms with Crippen molar-refractivity contribution in [2.24, 2.45) is 0 Å². The van der Waals surface area contributed by atoms with Crippen molar-refractivity contribution in [2.75, 3.05) is 18.6 Å². The number of anilines is 1. The van der Waals surface area contributed by atoms with Crippen LogP contribution in [0.25, 0.3) is 0 Å². The van der Waals surface area contributed by atoms with Gasteiger partial charge in [0.15, 0.2) is 0 Å².